The molecule has 0 aromatic carbocycles. The molecule has 0 radical (unpaired) electrons. The zero-order valence-corrected chi connectivity index (χ0v) is 10.2. The van der Waals surface area contributed by atoms with Gasteiger partial charge in [-0.05, 0) is 57.7 Å². The van der Waals surface area contributed by atoms with Crippen LogP contribution in [0.15, 0.2) is 0 Å². The summed E-state index contributed by atoms with van der Waals surface area (Å²) in [5.41, 5.74) is 0.826. The van der Waals surface area contributed by atoms with Crippen molar-refractivity contribution in [2.24, 2.45) is 11.3 Å². The van der Waals surface area contributed by atoms with Gasteiger partial charge in [0.25, 0.3) is 6.47 Å². The highest BCUT2D eigenvalue weighted by Crippen LogP contribution is 2.58. The highest BCUT2D eigenvalue weighted by Gasteiger charge is 2.51. The molecule has 2 fully saturated rings. The maximum atomic E-state index is 9.18. The number of carbonyl (C=O) groups excluding carboxylic acids is 1. The topological polar surface area (TPSA) is 29.5 Å². The van der Waals surface area contributed by atoms with Crippen molar-refractivity contribution in [1.82, 2.24) is 4.90 Å². The summed E-state index contributed by atoms with van der Waals surface area (Å²) in [6.07, 6.45) is 4.44. The minimum absolute atomic E-state index is 0.431. The molecule has 0 amide bonds. The number of hydrogen-bond donors (Lipinski definition) is 0. The van der Waals surface area contributed by atoms with E-state index in [9.17, 15) is 4.79 Å². The first kappa shape index (κ1) is 12.5. The lowest BCUT2D eigenvalue weighted by molar-refractivity contribution is -0.128. The summed E-state index contributed by atoms with van der Waals surface area (Å²) < 4.78 is 4.15. The van der Waals surface area contributed by atoms with Crippen molar-refractivity contribution in [2.45, 2.75) is 33.1 Å². The van der Waals surface area contributed by atoms with Gasteiger partial charge in [0, 0.05) is 0 Å². The van der Waals surface area contributed by atoms with Crippen molar-refractivity contribution in [2.75, 3.05) is 26.7 Å². The number of carbonyl (C=O) groups is 1. The Balaban J connectivity index is 0.000000195. The SMILES string of the molecule is CC1CC12CCN(C)CC2.CCOC=O. The van der Waals surface area contributed by atoms with E-state index in [4.69, 9.17) is 0 Å². The summed E-state index contributed by atoms with van der Waals surface area (Å²) in [6.45, 7) is 7.75. The van der Waals surface area contributed by atoms with E-state index in [0.29, 0.717) is 13.1 Å². The van der Waals surface area contributed by atoms with Gasteiger partial charge in [-0.15, -0.1) is 0 Å². The molecule has 0 aromatic heterocycles. The van der Waals surface area contributed by atoms with E-state index in [1.807, 2.05) is 0 Å². The maximum Gasteiger partial charge on any atom is 0.293 e. The second kappa shape index (κ2) is 5.50. The van der Waals surface area contributed by atoms with Gasteiger partial charge in [-0.2, -0.15) is 0 Å². The molecular weight excluding hydrogens is 190 g/mol. The average Bonchev–Trinajstić information content (AvgIpc) is 2.85. The summed E-state index contributed by atoms with van der Waals surface area (Å²) in [7, 11) is 2.24. The second-order valence-electron chi connectivity index (χ2n) is 4.82. The molecule has 0 aromatic rings. The van der Waals surface area contributed by atoms with Crippen LogP contribution in [0.25, 0.3) is 0 Å². The first-order valence-corrected chi connectivity index (χ1v) is 5.88. The summed E-state index contributed by atoms with van der Waals surface area (Å²) in [6, 6.07) is 0. The Bertz CT molecular complexity index is 198. The minimum Gasteiger partial charge on any atom is -0.468 e. The van der Waals surface area contributed by atoms with Crippen molar-refractivity contribution in [1.29, 1.82) is 0 Å². The molecule has 2 rings (SSSR count). The number of nitrogens with zero attached hydrogens (tertiary/aromatic N) is 1. The fourth-order valence-electron chi connectivity index (χ4n) is 2.38. The normalized spacial score (nSPS) is 27.8. The number of piperidine rings is 1. The van der Waals surface area contributed by atoms with Gasteiger partial charge in [-0.1, -0.05) is 6.92 Å². The van der Waals surface area contributed by atoms with Crippen LogP contribution in [0.4, 0.5) is 0 Å². The van der Waals surface area contributed by atoms with Crippen LogP contribution in [0, 0.1) is 11.3 Å². The van der Waals surface area contributed by atoms with Gasteiger partial charge in [0.15, 0.2) is 0 Å². The van der Waals surface area contributed by atoms with E-state index in [1.165, 1.54) is 32.4 Å². The molecule has 3 nitrogen and oxygen atoms in total. The number of rotatable bonds is 2. The Morgan fingerprint density at radius 3 is 2.27 bits per heavy atom. The van der Waals surface area contributed by atoms with E-state index in [-0.39, 0.29) is 0 Å². The molecule has 0 N–H and O–H groups in total. The molecule has 1 aliphatic carbocycles. The molecule has 1 unspecified atom stereocenters. The van der Waals surface area contributed by atoms with Crippen molar-refractivity contribution >= 4 is 6.47 Å². The van der Waals surface area contributed by atoms with Crippen LogP contribution in [0.3, 0.4) is 0 Å². The lowest BCUT2D eigenvalue weighted by Gasteiger charge is -2.29. The summed E-state index contributed by atoms with van der Waals surface area (Å²) in [5, 5.41) is 0. The zero-order valence-electron chi connectivity index (χ0n) is 10.2. The third kappa shape index (κ3) is 3.49. The molecule has 1 heterocycles. The molecule has 88 valence electrons. The fourth-order valence-corrected chi connectivity index (χ4v) is 2.38. The Labute approximate surface area is 92.8 Å². The zero-order chi connectivity index (χ0) is 11.3. The smallest absolute Gasteiger partial charge is 0.293 e. The van der Waals surface area contributed by atoms with Gasteiger partial charge in [-0.25, -0.2) is 0 Å². The number of likely N-dealkylation sites (tertiary alicyclic amines) is 1. The lowest BCUT2D eigenvalue weighted by Crippen LogP contribution is -2.31. The predicted octanol–water partition coefficient (Wildman–Crippen LogP) is 1.92. The second-order valence-corrected chi connectivity index (χ2v) is 4.82. The molecule has 15 heavy (non-hydrogen) atoms. The maximum absolute atomic E-state index is 9.18. The van der Waals surface area contributed by atoms with E-state index >= 15 is 0 Å². The van der Waals surface area contributed by atoms with Gasteiger partial charge >= 0.3 is 0 Å². The minimum atomic E-state index is 0.431. The van der Waals surface area contributed by atoms with E-state index in [2.05, 4.69) is 23.6 Å². The van der Waals surface area contributed by atoms with Crippen LogP contribution in [-0.4, -0.2) is 38.1 Å². The largest absolute Gasteiger partial charge is 0.468 e. The highest BCUT2D eigenvalue weighted by atomic mass is 16.5. The molecule has 1 saturated carbocycles. The Kier molecular flexibility index (Phi) is 4.58. The molecular formula is C12H23NO2. The van der Waals surface area contributed by atoms with Gasteiger partial charge < -0.3 is 9.64 Å². The Morgan fingerprint density at radius 1 is 1.47 bits per heavy atom. The van der Waals surface area contributed by atoms with E-state index in [0.717, 1.165) is 11.3 Å². The van der Waals surface area contributed by atoms with Crippen molar-refractivity contribution in [3.05, 3.63) is 0 Å². The molecule has 1 atom stereocenters. The van der Waals surface area contributed by atoms with Gasteiger partial charge in [0.05, 0.1) is 6.61 Å². The Morgan fingerprint density at radius 2 is 2.00 bits per heavy atom. The molecule has 1 aliphatic heterocycles. The van der Waals surface area contributed by atoms with Crippen LogP contribution in [0.1, 0.15) is 33.1 Å². The van der Waals surface area contributed by atoms with Crippen molar-refractivity contribution in [3.8, 4) is 0 Å². The van der Waals surface area contributed by atoms with Crippen LogP contribution in [-0.2, 0) is 9.53 Å². The third-order valence-corrected chi connectivity index (χ3v) is 3.82. The first-order valence-electron chi connectivity index (χ1n) is 5.88. The van der Waals surface area contributed by atoms with Crippen LogP contribution in [0.2, 0.25) is 0 Å². The molecule has 1 spiro atoms. The highest BCUT2D eigenvalue weighted by molar-refractivity contribution is 5.36. The predicted molar refractivity (Wildman–Crippen MR) is 60.6 cm³/mol. The van der Waals surface area contributed by atoms with Gasteiger partial charge in [-0.3, -0.25) is 4.79 Å². The fraction of sp³-hybridized carbons (Fsp3) is 0.917. The summed E-state index contributed by atoms with van der Waals surface area (Å²) >= 11 is 0. The lowest BCUT2D eigenvalue weighted by atomic mass is 9.92. The van der Waals surface area contributed by atoms with Crippen LogP contribution in [0.5, 0.6) is 0 Å². The number of hydrogen-bond acceptors (Lipinski definition) is 3. The first-order chi connectivity index (χ1) is 7.14. The molecule has 3 heteroatoms. The van der Waals surface area contributed by atoms with E-state index in [1.54, 1.807) is 6.92 Å². The van der Waals surface area contributed by atoms with Crippen LogP contribution < -0.4 is 0 Å². The van der Waals surface area contributed by atoms with Gasteiger partial charge in [0.2, 0.25) is 0 Å². The van der Waals surface area contributed by atoms with Crippen molar-refractivity contribution in [3.63, 3.8) is 0 Å². The Hall–Kier alpha value is -0.570. The molecule has 2 aliphatic rings. The van der Waals surface area contributed by atoms with Crippen molar-refractivity contribution < 1.29 is 9.53 Å². The quantitative estimate of drug-likeness (QED) is 0.656. The van der Waals surface area contributed by atoms with E-state index < -0.39 is 0 Å². The summed E-state index contributed by atoms with van der Waals surface area (Å²) in [4.78, 5) is 11.6. The third-order valence-electron chi connectivity index (χ3n) is 3.82. The summed E-state index contributed by atoms with van der Waals surface area (Å²) in [5.74, 6) is 1.04. The molecule has 1 saturated heterocycles. The standard InChI is InChI=1S/C9H17N.C3H6O2/c1-8-7-9(8)3-5-10(2)6-4-9;1-2-5-3-4/h8H,3-7H2,1-2H3;3H,2H2,1H3. The number of ether oxygens (including phenoxy) is 1. The average molecular weight is 213 g/mol. The molecule has 0 bridgehead atoms. The van der Waals surface area contributed by atoms with Gasteiger partial charge in [0.1, 0.15) is 0 Å². The monoisotopic (exact) mass is 213 g/mol. The van der Waals surface area contributed by atoms with Crippen LogP contribution >= 0.6 is 0 Å².